The molecule has 1 aromatic carbocycles. The van der Waals surface area contributed by atoms with Crippen LogP contribution in [0.1, 0.15) is 21.9 Å². The summed E-state index contributed by atoms with van der Waals surface area (Å²) in [6, 6.07) is 12.0. The Bertz CT molecular complexity index is 1200. The van der Waals surface area contributed by atoms with E-state index < -0.39 is 17.8 Å². The minimum absolute atomic E-state index is 0.183. The summed E-state index contributed by atoms with van der Waals surface area (Å²) in [5.74, 6) is -0.875. The first kappa shape index (κ1) is 23.3. The minimum Gasteiger partial charge on any atom is -0.367 e. The van der Waals surface area contributed by atoms with Crippen LogP contribution in [-0.2, 0) is 17.5 Å². The number of hydrogen-bond acceptors (Lipinski definition) is 5. The number of pyridine rings is 1. The number of carbonyl (C=O) groups is 2. The number of anilines is 1. The lowest BCUT2D eigenvalue weighted by Crippen LogP contribution is -2.49. The number of carbonyl (C=O) groups excluding carboxylic acids is 2. The van der Waals surface area contributed by atoms with Gasteiger partial charge in [-0.1, -0.05) is 24.3 Å². The van der Waals surface area contributed by atoms with Crippen molar-refractivity contribution in [3.8, 4) is 11.1 Å². The molecule has 0 atom stereocenters. The monoisotopic (exact) mass is 472 g/mol. The molecule has 3 heterocycles. The number of amides is 2. The molecule has 1 saturated heterocycles. The molecule has 0 saturated carbocycles. The lowest BCUT2D eigenvalue weighted by atomic mass is 10.0. The summed E-state index contributed by atoms with van der Waals surface area (Å²) in [4.78, 5) is 31.9. The highest BCUT2D eigenvalue weighted by Gasteiger charge is 2.35. The SMILES string of the molecule is Cc1cc(C(F)(F)F)nn1CC(=O)N1CCN(c2ccccc2-c2ccc(C(N)=O)nc2)CC1. The van der Waals surface area contributed by atoms with E-state index in [1.165, 1.54) is 6.92 Å². The van der Waals surface area contributed by atoms with Crippen LogP contribution in [0.25, 0.3) is 11.1 Å². The fourth-order valence-corrected chi connectivity index (χ4v) is 3.93. The Morgan fingerprint density at radius 2 is 1.76 bits per heavy atom. The topological polar surface area (TPSA) is 97.4 Å². The van der Waals surface area contributed by atoms with Crippen molar-refractivity contribution < 1.29 is 22.8 Å². The molecule has 2 aromatic heterocycles. The maximum absolute atomic E-state index is 12.9. The minimum atomic E-state index is -4.55. The van der Waals surface area contributed by atoms with Crippen LogP contribution in [0.15, 0.2) is 48.7 Å². The number of nitrogens with zero attached hydrogens (tertiary/aromatic N) is 5. The molecular formula is C23H23F3N6O2. The van der Waals surface area contributed by atoms with Crippen molar-refractivity contribution >= 4 is 17.5 Å². The summed E-state index contributed by atoms with van der Waals surface area (Å²) in [6.07, 6.45) is -2.95. The Kier molecular flexibility index (Phi) is 6.27. The predicted molar refractivity (Wildman–Crippen MR) is 119 cm³/mol. The molecule has 1 aliphatic rings. The van der Waals surface area contributed by atoms with Crippen LogP contribution in [0.4, 0.5) is 18.9 Å². The molecule has 0 aliphatic carbocycles. The number of aromatic nitrogens is 3. The summed E-state index contributed by atoms with van der Waals surface area (Å²) in [6.45, 7) is 3.23. The zero-order valence-electron chi connectivity index (χ0n) is 18.4. The van der Waals surface area contributed by atoms with Crippen molar-refractivity contribution in [2.75, 3.05) is 31.1 Å². The van der Waals surface area contributed by atoms with Gasteiger partial charge in [-0.3, -0.25) is 19.3 Å². The molecule has 2 N–H and O–H groups in total. The van der Waals surface area contributed by atoms with E-state index >= 15 is 0 Å². The first-order valence-corrected chi connectivity index (χ1v) is 10.6. The number of halogens is 3. The normalized spacial score (nSPS) is 14.4. The molecule has 34 heavy (non-hydrogen) atoms. The van der Waals surface area contributed by atoms with Crippen molar-refractivity contribution in [2.24, 2.45) is 5.73 Å². The molecule has 0 unspecified atom stereocenters. The molecule has 0 spiro atoms. The second-order valence-electron chi connectivity index (χ2n) is 8.01. The van der Waals surface area contributed by atoms with Crippen molar-refractivity contribution in [1.29, 1.82) is 0 Å². The zero-order valence-corrected chi connectivity index (χ0v) is 18.4. The van der Waals surface area contributed by atoms with Gasteiger partial charge in [0.25, 0.3) is 5.91 Å². The lowest BCUT2D eigenvalue weighted by molar-refractivity contribution is -0.142. The first-order valence-electron chi connectivity index (χ1n) is 10.6. The third-order valence-electron chi connectivity index (χ3n) is 5.76. The Morgan fingerprint density at radius 1 is 1.06 bits per heavy atom. The maximum Gasteiger partial charge on any atom is 0.435 e. The van der Waals surface area contributed by atoms with E-state index in [4.69, 9.17) is 5.73 Å². The van der Waals surface area contributed by atoms with Crippen LogP contribution >= 0.6 is 0 Å². The van der Waals surface area contributed by atoms with Crippen LogP contribution < -0.4 is 10.6 Å². The van der Waals surface area contributed by atoms with Crippen LogP contribution in [0.2, 0.25) is 0 Å². The van der Waals surface area contributed by atoms with Gasteiger partial charge in [0, 0.05) is 54.9 Å². The van der Waals surface area contributed by atoms with Crippen LogP contribution in [0.3, 0.4) is 0 Å². The van der Waals surface area contributed by atoms with Crippen molar-refractivity contribution in [3.05, 3.63) is 65.7 Å². The van der Waals surface area contributed by atoms with Crippen LogP contribution in [0, 0.1) is 6.92 Å². The van der Waals surface area contributed by atoms with Gasteiger partial charge in [0.05, 0.1) is 0 Å². The Labute approximate surface area is 193 Å². The zero-order chi connectivity index (χ0) is 24.5. The standard InChI is InChI=1S/C23H23F3N6O2/c1-15-12-20(23(24,25)26)29-32(15)14-21(33)31-10-8-30(9-11-31)19-5-3-2-4-17(19)16-6-7-18(22(27)34)28-13-16/h2-7,12-13H,8-11,14H2,1H3,(H2,27,34). The van der Waals surface area contributed by atoms with E-state index in [2.05, 4.69) is 15.0 Å². The van der Waals surface area contributed by atoms with E-state index in [0.29, 0.717) is 26.2 Å². The Morgan fingerprint density at radius 3 is 2.35 bits per heavy atom. The molecule has 11 heteroatoms. The Hall–Kier alpha value is -3.89. The third-order valence-corrected chi connectivity index (χ3v) is 5.76. The molecule has 1 aliphatic heterocycles. The quantitative estimate of drug-likeness (QED) is 0.616. The molecule has 3 aromatic rings. The largest absolute Gasteiger partial charge is 0.435 e. The highest BCUT2D eigenvalue weighted by Crippen LogP contribution is 2.31. The average Bonchev–Trinajstić information content (AvgIpc) is 3.20. The Balaban J connectivity index is 1.43. The number of aryl methyl sites for hydroxylation is 1. The van der Waals surface area contributed by atoms with Crippen LogP contribution in [-0.4, -0.2) is 57.7 Å². The molecule has 4 rings (SSSR count). The molecule has 0 radical (unpaired) electrons. The van der Waals surface area contributed by atoms with Gasteiger partial charge < -0.3 is 15.5 Å². The van der Waals surface area contributed by atoms with E-state index in [1.54, 1.807) is 23.2 Å². The number of primary amides is 1. The van der Waals surface area contributed by atoms with Crippen molar-refractivity contribution in [3.63, 3.8) is 0 Å². The van der Waals surface area contributed by atoms with Gasteiger partial charge in [0.15, 0.2) is 5.69 Å². The van der Waals surface area contributed by atoms with Gasteiger partial charge in [0.2, 0.25) is 5.91 Å². The number of alkyl halides is 3. The number of rotatable bonds is 5. The predicted octanol–water partition coefficient (Wildman–Crippen LogP) is 2.72. The fraction of sp³-hybridized carbons (Fsp3) is 0.304. The van der Waals surface area contributed by atoms with E-state index in [0.717, 1.165) is 27.6 Å². The van der Waals surface area contributed by atoms with E-state index in [9.17, 15) is 22.8 Å². The van der Waals surface area contributed by atoms with Gasteiger partial charge in [-0.2, -0.15) is 18.3 Å². The van der Waals surface area contributed by atoms with Gasteiger partial charge in [-0.05, 0) is 25.1 Å². The molecule has 8 nitrogen and oxygen atoms in total. The molecule has 0 bridgehead atoms. The van der Waals surface area contributed by atoms with Crippen LogP contribution in [0.5, 0.6) is 0 Å². The molecule has 2 amide bonds. The van der Waals surface area contributed by atoms with Crippen molar-refractivity contribution in [2.45, 2.75) is 19.6 Å². The van der Waals surface area contributed by atoms with Gasteiger partial charge in [-0.15, -0.1) is 0 Å². The number of hydrogen-bond donors (Lipinski definition) is 1. The summed E-state index contributed by atoms with van der Waals surface area (Å²) < 4.78 is 39.8. The smallest absolute Gasteiger partial charge is 0.367 e. The maximum atomic E-state index is 12.9. The van der Waals surface area contributed by atoms with E-state index in [1.807, 2.05) is 24.3 Å². The number of nitrogens with two attached hydrogens (primary N) is 1. The third kappa shape index (κ3) is 4.87. The molecule has 1 fully saturated rings. The fourth-order valence-electron chi connectivity index (χ4n) is 3.93. The second-order valence-corrected chi connectivity index (χ2v) is 8.01. The lowest BCUT2D eigenvalue weighted by Gasteiger charge is -2.37. The van der Waals surface area contributed by atoms with E-state index in [-0.39, 0.29) is 23.8 Å². The van der Waals surface area contributed by atoms with Gasteiger partial charge in [0.1, 0.15) is 12.2 Å². The number of piperazine rings is 1. The number of para-hydroxylation sites is 1. The van der Waals surface area contributed by atoms with Crippen molar-refractivity contribution in [1.82, 2.24) is 19.7 Å². The highest BCUT2D eigenvalue weighted by molar-refractivity contribution is 5.91. The summed E-state index contributed by atoms with van der Waals surface area (Å²) >= 11 is 0. The summed E-state index contributed by atoms with van der Waals surface area (Å²) in [5, 5.41) is 3.54. The second kappa shape index (κ2) is 9.16. The highest BCUT2D eigenvalue weighted by atomic mass is 19.4. The van der Waals surface area contributed by atoms with Gasteiger partial charge in [-0.25, -0.2) is 0 Å². The van der Waals surface area contributed by atoms with Gasteiger partial charge >= 0.3 is 6.18 Å². The number of benzene rings is 1. The molecule has 178 valence electrons. The summed E-state index contributed by atoms with van der Waals surface area (Å²) in [7, 11) is 0. The first-order chi connectivity index (χ1) is 16.1. The molecular weight excluding hydrogens is 449 g/mol. The summed E-state index contributed by atoms with van der Waals surface area (Å²) in [5.41, 5.74) is 7.44. The average molecular weight is 472 g/mol.